The largest absolute Gasteiger partial charge is 0.478 e. The Labute approximate surface area is 200 Å². The summed E-state index contributed by atoms with van der Waals surface area (Å²) in [6.07, 6.45) is 0. The van der Waals surface area contributed by atoms with Crippen molar-refractivity contribution in [1.29, 1.82) is 5.26 Å². The molecule has 2 atom stereocenters. The Kier molecular flexibility index (Phi) is 7.59. The molecule has 1 aliphatic rings. The molecule has 1 amide bonds. The van der Waals surface area contributed by atoms with Crippen molar-refractivity contribution in [2.24, 2.45) is 5.92 Å². The van der Waals surface area contributed by atoms with Gasteiger partial charge in [-0.05, 0) is 48.9 Å². The van der Waals surface area contributed by atoms with Gasteiger partial charge in [-0.15, -0.1) is 0 Å². The first-order valence-corrected chi connectivity index (χ1v) is 11.2. The van der Waals surface area contributed by atoms with E-state index in [-0.39, 0.29) is 23.0 Å². The fourth-order valence-electron chi connectivity index (χ4n) is 3.57. The Morgan fingerprint density at radius 1 is 1.18 bits per heavy atom. The van der Waals surface area contributed by atoms with Gasteiger partial charge in [0.15, 0.2) is 0 Å². The van der Waals surface area contributed by atoms with E-state index in [4.69, 9.17) is 16.7 Å². The summed E-state index contributed by atoms with van der Waals surface area (Å²) >= 11 is 7.13. The summed E-state index contributed by atoms with van der Waals surface area (Å²) in [4.78, 5) is 35.8. The zero-order valence-corrected chi connectivity index (χ0v) is 19.2. The van der Waals surface area contributed by atoms with E-state index in [0.717, 1.165) is 17.3 Å². The molecule has 1 heterocycles. The summed E-state index contributed by atoms with van der Waals surface area (Å²) in [6.45, 7) is 5.44. The molecule has 3 rings (SSSR count). The number of carbonyl (C=O) groups excluding carboxylic acids is 2. The molecule has 0 fully saturated rings. The van der Waals surface area contributed by atoms with Gasteiger partial charge in [0, 0.05) is 22.3 Å². The number of Topliss-reactive ketones (excluding diaryl/α,β-unsaturated/α-hetero) is 1. The summed E-state index contributed by atoms with van der Waals surface area (Å²) in [5.74, 6) is -2.72. The number of carboxylic acids is 1. The number of carboxylic acid groups (broad SMARTS) is 1. The molecule has 1 aliphatic heterocycles. The smallest absolute Gasteiger partial charge is 0.335 e. The van der Waals surface area contributed by atoms with E-state index in [2.05, 4.69) is 23.3 Å². The minimum absolute atomic E-state index is 0.0143. The third-order valence-corrected chi connectivity index (χ3v) is 6.36. The molecule has 168 valence electrons. The Hall–Kier alpha value is -3.54. The number of hydrogen-bond acceptors (Lipinski definition) is 6. The molecular weight excluding hydrogens is 462 g/mol. The van der Waals surface area contributed by atoms with E-state index >= 15 is 0 Å². The van der Waals surface area contributed by atoms with Crippen molar-refractivity contribution < 1.29 is 19.5 Å². The van der Waals surface area contributed by atoms with Crippen LogP contribution < -0.4 is 10.6 Å². The molecule has 0 saturated heterocycles. The molecule has 2 unspecified atom stereocenters. The van der Waals surface area contributed by atoms with Crippen molar-refractivity contribution in [2.75, 3.05) is 11.1 Å². The quantitative estimate of drug-likeness (QED) is 0.530. The lowest BCUT2D eigenvalue weighted by atomic mass is 9.76. The van der Waals surface area contributed by atoms with Crippen LogP contribution in [-0.2, 0) is 9.59 Å². The number of nitrogens with one attached hydrogen (secondary N) is 2. The minimum atomic E-state index is -1.05. The van der Waals surface area contributed by atoms with Crippen LogP contribution in [0.5, 0.6) is 0 Å². The topological polar surface area (TPSA) is 119 Å². The number of aromatic carboxylic acids is 1. The van der Waals surface area contributed by atoms with Crippen LogP contribution in [0.15, 0.2) is 71.4 Å². The van der Waals surface area contributed by atoms with Crippen LogP contribution in [0.25, 0.3) is 0 Å². The predicted molar refractivity (Wildman–Crippen MR) is 128 cm³/mol. The zero-order chi connectivity index (χ0) is 24.1. The van der Waals surface area contributed by atoms with E-state index in [0.29, 0.717) is 27.0 Å². The Balaban J connectivity index is 1.82. The van der Waals surface area contributed by atoms with Gasteiger partial charge in [0.2, 0.25) is 5.91 Å². The van der Waals surface area contributed by atoms with Crippen LogP contribution >= 0.6 is 23.4 Å². The van der Waals surface area contributed by atoms with Crippen molar-refractivity contribution >= 4 is 46.7 Å². The fourth-order valence-corrected chi connectivity index (χ4v) is 4.58. The number of allylic oxidation sites excluding steroid dienone is 2. The number of anilines is 1. The number of amides is 1. The molecule has 0 bridgehead atoms. The van der Waals surface area contributed by atoms with Crippen molar-refractivity contribution in [1.82, 2.24) is 5.32 Å². The monoisotopic (exact) mass is 481 g/mol. The van der Waals surface area contributed by atoms with Crippen LogP contribution in [-0.4, -0.2) is 28.5 Å². The average molecular weight is 482 g/mol. The molecule has 0 spiro atoms. The lowest BCUT2D eigenvalue weighted by Crippen LogP contribution is -2.35. The highest BCUT2D eigenvalue weighted by molar-refractivity contribution is 8.03. The number of ketones is 1. The first-order chi connectivity index (χ1) is 15.7. The highest BCUT2D eigenvalue weighted by Gasteiger charge is 2.38. The molecule has 7 nitrogen and oxygen atoms in total. The third-order valence-electron chi connectivity index (χ3n) is 5.09. The number of rotatable bonds is 7. The van der Waals surface area contributed by atoms with Crippen LogP contribution in [0.4, 0.5) is 5.69 Å². The van der Waals surface area contributed by atoms with Gasteiger partial charge in [0.25, 0.3) is 0 Å². The second kappa shape index (κ2) is 10.4. The van der Waals surface area contributed by atoms with Gasteiger partial charge < -0.3 is 15.7 Å². The molecule has 0 saturated carbocycles. The second-order valence-electron chi connectivity index (χ2n) is 7.34. The number of halogens is 1. The van der Waals surface area contributed by atoms with Crippen molar-refractivity contribution in [3.05, 3.63) is 87.6 Å². The molecule has 2 aromatic rings. The maximum Gasteiger partial charge on any atom is 0.335 e. The lowest BCUT2D eigenvalue weighted by Gasteiger charge is -2.34. The van der Waals surface area contributed by atoms with Crippen molar-refractivity contribution in [3.63, 3.8) is 0 Å². The molecular formula is C24H20ClN3O4S. The standard InChI is InChI=1S/C24H20ClN3O4S/c1-13-21(14(2)29)22(15-3-7-17(25)8-4-15)19(11-26)23(27-13)33-12-20(30)28-18-9-5-16(6-10-18)24(31)32/h3-10,21-22,27H,1,12H2,2H3,(H,28,30)(H,31,32). The van der Waals surface area contributed by atoms with E-state index in [1.807, 2.05) is 0 Å². The summed E-state index contributed by atoms with van der Waals surface area (Å²) in [7, 11) is 0. The fraction of sp³-hybridized carbons (Fsp3) is 0.167. The lowest BCUT2D eigenvalue weighted by molar-refractivity contribution is -0.120. The summed E-state index contributed by atoms with van der Waals surface area (Å²) in [5, 5.41) is 25.6. The van der Waals surface area contributed by atoms with Gasteiger partial charge in [-0.2, -0.15) is 5.26 Å². The van der Waals surface area contributed by atoms with Crippen LogP contribution in [0, 0.1) is 17.2 Å². The Morgan fingerprint density at radius 3 is 2.36 bits per heavy atom. The van der Waals surface area contributed by atoms with Crippen molar-refractivity contribution in [2.45, 2.75) is 12.8 Å². The van der Waals surface area contributed by atoms with E-state index < -0.39 is 17.8 Å². The maximum absolute atomic E-state index is 12.4. The zero-order valence-electron chi connectivity index (χ0n) is 17.6. The number of nitriles is 1. The molecule has 0 radical (unpaired) electrons. The average Bonchev–Trinajstić information content (AvgIpc) is 2.77. The van der Waals surface area contributed by atoms with Crippen LogP contribution in [0.3, 0.4) is 0 Å². The number of benzene rings is 2. The summed E-state index contributed by atoms with van der Waals surface area (Å²) < 4.78 is 0. The van der Waals surface area contributed by atoms with E-state index in [1.54, 1.807) is 24.3 Å². The first kappa shape index (κ1) is 24.1. The SMILES string of the molecule is C=C1NC(SCC(=O)Nc2ccc(C(=O)O)cc2)=C(C#N)C(c2ccc(Cl)cc2)C1C(C)=O. The predicted octanol–water partition coefficient (Wildman–Crippen LogP) is 4.55. The molecule has 3 N–H and O–H groups in total. The van der Waals surface area contributed by atoms with E-state index in [9.17, 15) is 19.6 Å². The Bertz CT molecular complexity index is 1180. The maximum atomic E-state index is 12.4. The number of nitrogens with zero attached hydrogens (tertiary/aromatic N) is 1. The molecule has 33 heavy (non-hydrogen) atoms. The first-order valence-electron chi connectivity index (χ1n) is 9.83. The summed E-state index contributed by atoms with van der Waals surface area (Å²) in [6, 6.07) is 14.9. The van der Waals surface area contributed by atoms with Gasteiger partial charge in [0.1, 0.15) is 5.78 Å². The Morgan fingerprint density at radius 2 is 1.82 bits per heavy atom. The minimum Gasteiger partial charge on any atom is -0.478 e. The second-order valence-corrected chi connectivity index (χ2v) is 8.76. The molecule has 0 aromatic heterocycles. The van der Waals surface area contributed by atoms with Gasteiger partial charge >= 0.3 is 5.97 Å². The highest BCUT2D eigenvalue weighted by Crippen LogP contribution is 2.43. The van der Waals surface area contributed by atoms with Gasteiger partial charge in [0.05, 0.1) is 33.9 Å². The van der Waals surface area contributed by atoms with Gasteiger partial charge in [-0.3, -0.25) is 9.59 Å². The summed E-state index contributed by atoms with van der Waals surface area (Å²) in [5.41, 5.74) is 2.11. The normalized spacial score (nSPS) is 17.7. The highest BCUT2D eigenvalue weighted by atomic mass is 35.5. The number of carbonyl (C=O) groups is 3. The van der Waals surface area contributed by atoms with Gasteiger partial charge in [-0.1, -0.05) is 42.1 Å². The van der Waals surface area contributed by atoms with E-state index in [1.165, 1.54) is 31.2 Å². The van der Waals surface area contributed by atoms with Crippen LogP contribution in [0.2, 0.25) is 5.02 Å². The van der Waals surface area contributed by atoms with Crippen LogP contribution in [0.1, 0.15) is 28.8 Å². The van der Waals surface area contributed by atoms with Crippen molar-refractivity contribution in [3.8, 4) is 6.07 Å². The van der Waals surface area contributed by atoms with Gasteiger partial charge in [-0.25, -0.2) is 4.79 Å². The number of hydrogen-bond donors (Lipinski definition) is 3. The molecule has 2 aromatic carbocycles. The number of thioether (sulfide) groups is 1. The molecule has 9 heteroatoms. The third kappa shape index (κ3) is 5.64. The molecule has 0 aliphatic carbocycles.